The molecule has 106 valence electrons. The summed E-state index contributed by atoms with van der Waals surface area (Å²) in [7, 11) is -3.29. The molecule has 0 radical (unpaired) electrons. The lowest BCUT2D eigenvalue weighted by Gasteiger charge is -2.33. The molecule has 2 aliphatic rings. The van der Waals surface area contributed by atoms with Crippen LogP contribution in [-0.4, -0.2) is 44.4 Å². The predicted molar refractivity (Wildman–Crippen MR) is 72.5 cm³/mol. The topological polar surface area (TPSA) is 61.4 Å². The predicted octanol–water partition coefficient (Wildman–Crippen LogP) is 0.693. The lowest BCUT2D eigenvalue weighted by molar-refractivity contribution is 0.273. The third-order valence-corrected chi connectivity index (χ3v) is 5.58. The van der Waals surface area contributed by atoms with E-state index in [9.17, 15) is 8.42 Å². The van der Waals surface area contributed by atoms with Gasteiger partial charge in [-0.25, -0.2) is 0 Å². The molecule has 0 saturated carbocycles. The van der Waals surface area contributed by atoms with Crippen LogP contribution in [0, 0.1) is 5.92 Å². The first kappa shape index (κ1) is 14.2. The van der Waals surface area contributed by atoms with Crippen molar-refractivity contribution in [3.63, 3.8) is 0 Å². The summed E-state index contributed by atoms with van der Waals surface area (Å²) in [6.07, 6.45) is 4.07. The molecule has 0 aromatic carbocycles. The van der Waals surface area contributed by atoms with Crippen LogP contribution in [0.1, 0.15) is 39.5 Å². The van der Waals surface area contributed by atoms with Crippen molar-refractivity contribution in [1.82, 2.24) is 14.3 Å². The van der Waals surface area contributed by atoms with E-state index in [0.717, 1.165) is 32.2 Å². The van der Waals surface area contributed by atoms with E-state index >= 15 is 0 Å². The Balaban J connectivity index is 1.90. The van der Waals surface area contributed by atoms with Gasteiger partial charge >= 0.3 is 0 Å². The Kier molecular flexibility index (Phi) is 4.64. The van der Waals surface area contributed by atoms with Crippen molar-refractivity contribution < 1.29 is 8.42 Å². The van der Waals surface area contributed by atoms with Crippen molar-refractivity contribution in [1.29, 1.82) is 0 Å². The summed E-state index contributed by atoms with van der Waals surface area (Å²) in [5.41, 5.74) is 0. The van der Waals surface area contributed by atoms with Gasteiger partial charge in [0.15, 0.2) is 0 Å². The summed E-state index contributed by atoms with van der Waals surface area (Å²) in [6.45, 7) is 6.31. The number of hydrogen-bond acceptors (Lipinski definition) is 3. The van der Waals surface area contributed by atoms with Crippen LogP contribution in [0.25, 0.3) is 0 Å². The highest BCUT2D eigenvalue weighted by Crippen LogP contribution is 2.18. The molecule has 2 rings (SSSR count). The highest BCUT2D eigenvalue weighted by Gasteiger charge is 2.30. The van der Waals surface area contributed by atoms with E-state index in [1.54, 1.807) is 4.31 Å². The Bertz CT molecular complexity index is 364. The molecule has 18 heavy (non-hydrogen) atoms. The molecule has 6 heteroatoms. The SMILES string of the molecule is CC1CCCN(S(=O)(=O)NC2CCC(C)NC2)C1. The molecule has 2 aliphatic heterocycles. The zero-order chi connectivity index (χ0) is 13.2. The highest BCUT2D eigenvalue weighted by atomic mass is 32.2. The van der Waals surface area contributed by atoms with E-state index in [1.165, 1.54) is 0 Å². The molecular formula is C12H25N3O2S. The second-order valence-corrected chi connectivity index (χ2v) is 7.51. The van der Waals surface area contributed by atoms with Gasteiger partial charge < -0.3 is 5.32 Å². The van der Waals surface area contributed by atoms with Crippen LogP contribution in [0.5, 0.6) is 0 Å². The summed E-state index contributed by atoms with van der Waals surface area (Å²) in [4.78, 5) is 0. The van der Waals surface area contributed by atoms with Crippen molar-refractivity contribution in [2.24, 2.45) is 5.92 Å². The molecule has 3 atom stereocenters. The first-order chi connectivity index (χ1) is 8.47. The summed E-state index contributed by atoms with van der Waals surface area (Å²) in [5, 5.41) is 3.32. The van der Waals surface area contributed by atoms with E-state index in [2.05, 4.69) is 23.9 Å². The maximum Gasteiger partial charge on any atom is 0.279 e. The minimum atomic E-state index is -3.29. The summed E-state index contributed by atoms with van der Waals surface area (Å²) in [5.74, 6) is 0.472. The quantitative estimate of drug-likeness (QED) is 0.797. The second-order valence-electron chi connectivity index (χ2n) is 5.81. The molecule has 2 N–H and O–H groups in total. The summed E-state index contributed by atoms with van der Waals surface area (Å²) < 4.78 is 29.0. The third-order valence-electron chi connectivity index (χ3n) is 3.94. The number of nitrogens with zero attached hydrogens (tertiary/aromatic N) is 1. The lowest BCUT2D eigenvalue weighted by Crippen LogP contribution is -2.53. The van der Waals surface area contributed by atoms with Crippen LogP contribution in [-0.2, 0) is 10.2 Å². The van der Waals surface area contributed by atoms with Gasteiger partial charge in [0.05, 0.1) is 0 Å². The Morgan fingerprint density at radius 2 is 2.00 bits per heavy atom. The minimum Gasteiger partial charge on any atom is -0.313 e. The van der Waals surface area contributed by atoms with E-state index in [-0.39, 0.29) is 6.04 Å². The van der Waals surface area contributed by atoms with Gasteiger partial charge in [0.2, 0.25) is 0 Å². The average molecular weight is 275 g/mol. The van der Waals surface area contributed by atoms with Crippen LogP contribution in [0.15, 0.2) is 0 Å². The van der Waals surface area contributed by atoms with E-state index in [1.807, 2.05) is 0 Å². The fraction of sp³-hybridized carbons (Fsp3) is 1.00. The average Bonchev–Trinajstić information content (AvgIpc) is 2.32. The first-order valence-corrected chi connectivity index (χ1v) is 8.42. The number of piperidine rings is 2. The minimum absolute atomic E-state index is 0.0448. The number of hydrogen-bond donors (Lipinski definition) is 2. The maximum absolute atomic E-state index is 12.3. The number of rotatable bonds is 3. The zero-order valence-electron chi connectivity index (χ0n) is 11.4. The largest absolute Gasteiger partial charge is 0.313 e. The van der Waals surface area contributed by atoms with Gasteiger partial charge in [-0.2, -0.15) is 17.4 Å². The molecule has 3 unspecified atom stereocenters. The van der Waals surface area contributed by atoms with Gasteiger partial charge in [-0.1, -0.05) is 6.92 Å². The Morgan fingerprint density at radius 3 is 2.61 bits per heavy atom. The van der Waals surface area contributed by atoms with Crippen molar-refractivity contribution in [3.8, 4) is 0 Å². The van der Waals surface area contributed by atoms with Crippen LogP contribution in [0.3, 0.4) is 0 Å². The number of nitrogens with one attached hydrogen (secondary N) is 2. The Labute approximate surface area is 110 Å². The summed E-state index contributed by atoms with van der Waals surface area (Å²) >= 11 is 0. The second kappa shape index (κ2) is 5.86. The van der Waals surface area contributed by atoms with Crippen molar-refractivity contribution >= 4 is 10.2 Å². The molecule has 2 heterocycles. The van der Waals surface area contributed by atoms with Crippen molar-refractivity contribution in [2.45, 2.75) is 51.6 Å². The normalized spacial score (nSPS) is 35.6. The van der Waals surface area contributed by atoms with Gasteiger partial charge in [-0.05, 0) is 38.5 Å². The summed E-state index contributed by atoms with van der Waals surface area (Å²) in [6, 6.07) is 0.546. The lowest BCUT2D eigenvalue weighted by atomic mass is 10.0. The van der Waals surface area contributed by atoms with Crippen LogP contribution >= 0.6 is 0 Å². The smallest absolute Gasteiger partial charge is 0.279 e. The van der Waals surface area contributed by atoms with E-state index < -0.39 is 10.2 Å². The third kappa shape index (κ3) is 3.66. The standard InChI is InChI=1S/C12H25N3O2S/c1-10-4-3-7-15(9-10)18(16,17)14-12-6-5-11(2)13-8-12/h10-14H,3-9H2,1-2H3. The fourth-order valence-corrected chi connectivity index (χ4v) is 4.34. The zero-order valence-corrected chi connectivity index (χ0v) is 12.2. The molecule has 2 fully saturated rings. The molecule has 2 saturated heterocycles. The van der Waals surface area contributed by atoms with Crippen molar-refractivity contribution in [2.75, 3.05) is 19.6 Å². The molecular weight excluding hydrogens is 250 g/mol. The molecule has 0 aromatic heterocycles. The molecule has 0 amide bonds. The Hall–Kier alpha value is -0.170. The Morgan fingerprint density at radius 1 is 1.22 bits per heavy atom. The molecule has 0 spiro atoms. The van der Waals surface area contributed by atoms with Gasteiger partial charge in [0.1, 0.15) is 0 Å². The first-order valence-electron chi connectivity index (χ1n) is 6.98. The maximum atomic E-state index is 12.3. The van der Waals surface area contributed by atoms with Gasteiger partial charge in [0, 0.05) is 31.7 Å². The van der Waals surface area contributed by atoms with E-state index in [0.29, 0.717) is 25.0 Å². The molecule has 5 nitrogen and oxygen atoms in total. The fourth-order valence-electron chi connectivity index (χ4n) is 2.75. The van der Waals surface area contributed by atoms with Crippen LogP contribution in [0.4, 0.5) is 0 Å². The molecule has 0 aromatic rings. The molecule has 0 bridgehead atoms. The highest BCUT2D eigenvalue weighted by molar-refractivity contribution is 7.87. The van der Waals surface area contributed by atoms with Crippen LogP contribution < -0.4 is 10.0 Å². The monoisotopic (exact) mass is 275 g/mol. The van der Waals surface area contributed by atoms with Gasteiger partial charge in [-0.3, -0.25) is 0 Å². The van der Waals surface area contributed by atoms with E-state index in [4.69, 9.17) is 0 Å². The van der Waals surface area contributed by atoms with Crippen molar-refractivity contribution in [3.05, 3.63) is 0 Å². The van der Waals surface area contributed by atoms with Gasteiger partial charge in [-0.15, -0.1) is 0 Å². The molecule has 0 aliphatic carbocycles. The van der Waals surface area contributed by atoms with Gasteiger partial charge in [0.25, 0.3) is 10.2 Å². The van der Waals surface area contributed by atoms with Crippen LogP contribution in [0.2, 0.25) is 0 Å².